The number of hydrogen-bond donors (Lipinski definition) is 1. The van der Waals surface area contributed by atoms with E-state index in [-0.39, 0.29) is 0 Å². The maximum Gasteiger partial charge on any atom is 0.214 e. The first-order valence-electron chi connectivity index (χ1n) is 6.12. The van der Waals surface area contributed by atoms with Crippen LogP contribution in [0.25, 0.3) is 16.2 Å². The molecule has 104 valence electrons. The molecule has 0 amide bonds. The molecule has 0 saturated heterocycles. The molecule has 0 spiro atoms. The Balaban J connectivity index is 1.86. The number of rotatable bonds is 5. The number of ether oxygens (including phenoxy) is 1. The standard InChI is InChI=1S/C13H13ClN4OS/c1-19-7-6-15-12-17-18-8-11(16-13(18)20-12)9-4-2-3-5-10(9)14/h2-5,8H,6-7H2,1H3,(H,15,17). The molecular weight excluding hydrogens is 296 g/mol. The fraction of sp³-hybridized carbons (Fsp3) is 0.231. The Morgan fingerprint density at radius 3 is 3.00 bits per heavy atom. The molecule has 1 N–H and O–H groups in total. The van der Waals surface area contributed by atoms with Crippen molar-refractivity contribution in [3.63, 3.8) is 0 Å². The lowest BCUT2D eigenvalue weighted by molar-refractivity contribution is 0.210. The van der Waals surface area contributed by atoms with Crippen molar-refractivity contribution >= 4 is 33.0 Å². The van der Waals surface area contributed by atoms with Crippen molar-refractivity contribution in [2.24, 2.45) is 0 Å². The van der Waals surface area contributed by atoms with Crippen molar-refractivity contribution in [2.75, 3.05) is 25.6 Å². The number of methoxy groups -OCH3 is 1. The number of imidazole rings is 1. The maximum atomic E-state index is 6.18. The number of hydrogen-bond acceptors (Lipinski definition) is 5. The molecular formula is C13H13ClN4OS. The van der Waals surface area contributed by atoms with Crippen LogP contribution in [0.3, 0.4) is 0 Å². The molecule has 1 aromatic carbocycles. The highest BCUT2D eigenvalue weighted by Gasteiger charge is 2.11. The van der Waals surface area contributed by atoms with Gasteiger partial charge in [-0.25, -0.2) is 9.50 Å². The lowest BCUT2D eigenvalue weighted by atomic mass is 10.2. The van der Waals surface area contributed by atoms with Gasteiger partial charge in [0.25, 0.3) is 0 Å². The highest BCUT2D eigenvalue weighted by Crippen LogP contribution is 2.29. The van der Waals surface area contributed by atoms with Crippen LogP contribution < -0.4 is 5.32 Å². The molecule has 20 heavy (non-hydrogen) atoms. The number of anilines is 1. The van der Waals surface area contributed by atoms with Gasteiger partial charge in [-0.1, -0.05) is 41.1 Å². The minimum Gasteiger partial charge on any atom is -0.383 e. The van der Waals surface area contributed by atoms with Gasteiger partial charge in [-0.2, -0.15) is 0 Å². The average Bonchev–Trinajstić information content (AvgIpc) is 2.97. The highest BCUT2D eigenvalue weighted by atomic mass is 35.5. The Morgan fingerprint density at radius 1 is 1.40 bits per heavy atom. The normalized spacial score (nSPS) is 11.1. The van der Waals surface area contributed by atoms with Crippen LogP contribution in [-0.4, -0.2) is 34.9 Å². The second-order valence-corrected chi connectivity index (χ2v) is 5.52. The van der Waals surface area contributed by atoms with Crippen LogP contribution in [0, 0.1) is 0 Å². The maximum absolute atomic E-state index is 6.18. The number of aromatic nitrogens is 3. The highest BCUT2D eigenvalue weighted by molar-refractivity contribution is 7.20. The number of nitrogens with zero attached hydrogens (tertiary/aromatic N) is 3. The Kier molecular flexibility index (Phi) is 3.86. The summed E-state index contributed by atoms with van der Waals surface area (Å²) in [7, 11) is 1.67. The number of benzene rings is 1. The molecule has 0 fully saturated rings. The first kappa shape index (κ1) is 13.4. The van der Waals surface area contributed by atoms with Crippen LogP contribution in [0.2, 0.25) is 5.02 Å². The molecule has 0 aliphatic rings. The summed E-state index contributed by atoms with van der Waals surface area (Å²) in [6.45, 7) is 1.37. The first-order chi connectivity index (χ1) is 9.78. The minimum absolute atomic E-state index is 0.646. The number of halogens is 1. The molecule has 2 heterocycles. The summed E-state index contributed by atoms with van der Waals surface area (Å²) < 4.78 is 6.75. The van der Waals surface area contributed by atoms with E-state index in [1.165, 1.54) is 11.3 Å². The minimum atomic E-state index is 0.646. The van der Waals surface area contributed by atoms with E-state index < -0.39 is 0 Å². The Hall–Kier alpha value is -1.63. The van der Waals surface area contributed by atoms with Crippen LogP contribution >= 0.6 is 22.9 Å². The van der Waals surface area contributed by atoms with Gasteiger partial charge in [0.1, 0.15) is 0 Å². The van der Waals surface area contributed by atoms with E-state index in [1.807, 2.05) is 30.5 Å². The number of nitrogens with one attached hydrogen (secondary N) is 1. The van der Waals surface area contributed by atoms with Gasteiger partial charge in [-0.3, -0.25) is 0 Å². The van der Waals surface area contributed by atoms with Crippen molar-refractivity contribution < 1.29 is 4.74 Å². The average molecular weight is 309 g/mol. The molecule has 3 aromatic rings. The van der Waals surface area contributed by atoms with E-state index in [2.05, 4.69) is 15.4 Å². The second kappa shape index (κ2) is 5.78. The monoisotopic (exact) mass is 308 g/mol. The van der Waals surface area contributed by atoms with Gasteiger partial charge in [0.2, 0.25) is 10.1 Å². The van der Waals surface area contributed by atoms with Crippen LogP contribution in [0.5, 0.6) is 0 Å². The molecule has 0 bridgehead atoms. The van der Waals surface area contributed by atoms with Gasteiger partial charge in [-0.05, 0) is 6.07 Å². The van der Waals surface area contributed by atoms with E-state index >= 15 is 0 Å². The summed E-state index contributed by atoms with van der Waals surface area (Å²) in [5.74, 6) is 0. The Bertz CT molecular complexity index is 693. The molecule has 0 aliphatic carbocycles. The molecule has 0 radical (unpaired) electrons. The predicted molar refractivity (Wildman–Crippen MR) is 81.7 cm³/mol. The van der Waals surface area contributed by atoms with Crippen LogP contribution in [0.15, 0.2) is 30.5 Å². The summed E-state index contributed by atoms with van der Waals surface area (Å²) >= 11 is 7.68. The van der Waals surface area contributed by atoms with Crippen molar-refractivity contribution in [1.82, 2.24) is 14.6 Å². The largest absolute Gasteiger partial charge is 0.383 e. The molecule has 0 aliphatic heterocycles. The van der Waals surface area contributed by atoms with E-state index in [0.717, 1.165) is 27.9 Å². The lowest BCUT2D eigenvalue weighted by Crippen LogP contribution is -2.07. The van der Waals surface area contributed by atoms with E-state index in [4.69, 9.17) is 16.3 Å². The molecule has 2 aromatic heterocycles. The number of fused-ring (bicyclic) bond motifs is 1. The SMILES string of the molecule is COCCNc1nn2cc(-c3ccccc3Cl)nc2s1. The molecule has 0 unspecified atom stereocenters. The summed E-state index contributed by atoms with van der Waals surface area (Å²) in [5.41, 5.74) is 1.75. The van der Waals surface area contributed by atoms with Crippen molar-refractivity contribution in [1.29, 1.82) is 0 Å². The van der Waals surface area contributed by atoms with Crippen molar-refractivity contribution in [2.45, 2.75) is 0 Å². The quantitative estimate of drug-likeness (QED) is 0.736. The molecule has 0 saturated carbocycles. The molecule has 3 rings (SSSR count). The zero-order valence-electron chi connectivity index (χ0n) is 10.8. The predicted octanol–water partition coefficient (Wildman–Crippen LogP) is 3.17. The third kappa shape index (κ3) is 2.63. The second-order valence-electron chi connectivity index (χ2n) is 4.16. The van der Waals surface area contributed by atoms with Gasteiger partial charge >= 0.3 is 0 Å². The summed E-state index contributed by atoms with van der Waals surface area (Å²) in [6.07, 6.45) is 1.88. The molecule has 5 nitrogen and oxygen atoms in total. The topological polar surface area (TPSA) is 51.5 Å². The van der Waals surface area contributed by atoms with Gasteiger partial charge in [-0.15, -0.1) is 5.10 Å². The van der Waals surface area contributed by atoms with Gasteiger partial charge in [0, 0.05) is 19.2 Å². The van der Waals surface area contributed by atoms with Crippen LogP contribution in [-0.2, 0) is 4.74 Å². The molecule has 7 heteroatoms. The van der Waals surface area contributed by atoms with Gasteiger partial charge in [0.15, 0.2) is 0 Å². The van der Waals surface area contributed by atoms with E-state index in [9.17, 15) is 0 Å². The fourth-order valence-electron chi connectivity index (χ4n) is 1.83. The smallest absolute Gasteiger partial charge is 0.214 e. The van der Waals surface area contributed by atoms with Crippen molar-refractivity contribution in [3.8, 4) is 11.3 Å². The summed E-state index contributed by atoms with van der Waals surface area (Å²) in [5, 5.41) is 9.13. The Morgan fingerprint density at radius 2 is 2.25 bits per heavy atom. The summed E-state index contributed by atoms with van der Waals surface area (Å²) in [6, 6.07) is 7.65. The van der Waals surface area contributed by atoms with Gasteiger partial charge in [0.05, 0.1) is 23.5 Å². The third-order valence-corrected chi connectivity index (χ3v) is 3.99. The van der Waals surface area contributed by atoms with E-state index in [1.54, 1.807) is 11.6 Å². The van der Waals surface area contributed by atoms with E-state index in [0.29, 0.717) is 11.6 Å². The fourth-order valence-corrected chi connectivity index (χ4v) is 2.87. The zero-order valence-corrected chi connectivity index (χ0v) is 12.4. The zero-order chi connectivity index (χ0) is 13.9. The van der Waals surface area contributed by atoms with Crippen LogP contribution in [0.1, 0.15) is 0 Å². The third-order valence-electron chi connectivity index (χ3n) is 2.78. The van der Waals surface area contributed by atoms with Gasteiger partial charge < -0.3 is 10.1 Å². The van der Waals surface area contributed by atoms with Crippen LogP contribution in [0.4, 0.5) is 5.13 Å². The first-order valence-corrected chi connectivity index (χ1v) is 7.31. The Labute approximate surface area is 125 Å². The molecule has 0 atom stereocenters. The lowest BCUT2D eigenvalue weighted by Gasteiger charge is -1.99. The van der Waals surface area contributed by atoms with Crippen molar-refractivity contribution in [3.05, 3.63) is 35.5 Å². The summed E-state index contributed by atoms with van der Waals surface area (Å²) in [4.78, 5) is 5.39.